The second kappa shape index (κ2) is 3.58. The van der Waals surface area contributed by atoms with Gasteiger partial charge in [0.1, 0.15) is 0 Å². The van der Waals surface area contributed by atoms with Crippen molar-refractivity contribution in [3.63, 3.8) is 0 Å². The quantitative estimate of drug-likeness (QED) is 0.746. The highest BCUT2D eigenvalue weighted by atomic mass is 15.0. The van der Waals surface area contributed by atoms with Crippen LogP contribution in [0, 0.1) is 13.8 Å². The molecule has 0 amide bonds. The van der Waals surface area contributed by atoms with Crippen molar-refractivity contribution in [2.45, 2.75) is 38.8 Å². The Morgan fingerprint density at radius 1 is 1.29 bits per heavy atom. The Kier molecular flexibility index (Phi) is 2.42. The summed E-state index contributed by atoms with van der Waals surface area (Å²) in [5.41, 5.74) is 9.03. The third kappa shape index (κ3) is 2.04. The fourth-order valence-electron chi connectivity index (χ4n) is 1.93. The minimum absolute atomic E-state index is 0.400. The molecule has 1 aromatic rings. The number of pyridine rings is 1. The SMILES string of the molecule is Cc1cc(NC2CC(N)C2)cc(C)n1. The minimum Gasteiger partial charge on any atom is -0.382 e. The first-order valence-corrected chi connectivity index (χ1v) is 5.11. The monoisotopic (exact) mass is 191 g/mol. The Labute approximate surface area is 84.7 Å². The summed E-state index contributed by atoms with van der Waals surface area (Å²) >= 11 is 0. The van der Waals surface area contributed by atoms with Gasteiger partial charge >= 0.3 is 0 Å². The molecule has 3 N–H and O–H groups in total. The molecule has 0 unspecified atom stereocenters. The number of anilines is 1. The molecule has 14 heavy (non-hydrogen) atoms. The van der Waals surface area contributed by atoms with Crippen LogP contribution in [0.25, 0.3) is 0 Å². The molecule has 0 aromatic carbocycles. The third-order valence-corrected chi connectivity index (χ3v) is 2.63. The highest BCUT2D eigenvalue weighted by Gasteiger charge is 2.25. The Morgan fingerprint density at radius 2 is 1.86 bits per heavy atom. The normalized spacial score (nSPS) is 25.6. The number of aryl methyl sites for hydroxylation is 2. The van der Waals surface area contributed by atoms with Gasteiger partial charge in [-0.25, -0.2) is 0 Å². The maximum absolute atomic E-state index is 5.73. The molecule has 76 valence electrons. The number of rotatable bonds is 2. The molecule has 3 nitrogen and oxygen atoms in total. The first-order valence-electron chi connectivity index (χ1n) is 5.11. The van der Waals surface area contributed by atoms with E-state index in [1.165, 1.54) is 5.69 Å². The lowest BCUT2D eigenvalue weighted by Crippen LogP contribution is -2.44. The molecule has 1 aliphatic rings. The van der Waals surface area contributed by atoms with Gasteiger partial charge < -0.3 is 11.1 Å². The van der Waals surface area contributed by atoms with E-state index < -0.39 is 0 Å². The number of aromatic nitrogens is 1. The Bertz CT molecular complexity index is 309. The van der Waals surface area contributed by atoms with Crippen LogP contribution in [0.5, 0.6) is 0 Å². The van der Waals surface area contributed by atoms with Crippen LogP contribution in [0.3, 0.4) is 0 Å². The van der Waals surface area contributed by atoms with Gasteiger partial charge in [0.25, 0.3) is 0 Å². The Morgan fingerprint density at radius 3 is 2.36 bits per heavy atom. The minimum atomic E-state index is 0.400. The fourth-order valence-corrected chi connectivity index (χ4v) is 1.93. The van der Waals surface area contributed by atoms with Crippen LogP contribution in [-0.2, 0) is 0 Å². The van der Waals surface area contributed by atoms with Crippen LogP contribution >= 0.6 is 0 Å². The highest BCUT2D eigenvalue weighted by molar-refractivity contribution is 5.46. The number of nitrogens with zero attached hydrogens (tertiary/aromatic N) is 1. The van der Waals surface area contributed by atoms with E-state index in [9.17, 15) is 0 Å². The fraction of sp³-hybridized carbons (Fsp3) is 0.545. The van der Waals surface area contributed by atoms with Crippen molar-refractivity contribution in [1.82, 2.24) is 4.98 Å². The van der Waals surface area contributed by atoms with Gasteiger partial charge in [0, 0.05) is 29.2 Å². The summed E-state index contributed by atoms with van der Waals surface area (Å²) < 4.78 is 0. The van der Waals surface area contributed by atoms with Crippen LogP contribution in [0.4, 0.5) is 5.69 Å². The average molecular weight is 191 g/mol. The zero-order chi connectivity index (χ0) is 10.1. The van der Waals surface area contributed by atoms with E-state index in [0.717, 1.165) is 24.2 Å². The molecule has 1 aliphatic carbocycles. The molecule has 0 spiro atoms. The molecule has 0 radical (unpaired) electrons. The predicted octanol–water partition coefficient (Wildman–Crippen LogP) is 1.60. The van der Waals surface area contributed by atoms with Gasteiger partial charge in [0.2, 0.25) is 0 Å². The zero-order valence-electron chi connectivity index (χ0n) is 8.75. The number of nitrogens with two attached hydrogens (primary N) is 1. The van der Waals surface area contributed by atoms with Crippen molar-refractivity contribution in [3.8, 4) is 0 Å². The lowest BCUT2D eigenvalue weighted by Gasteiger charge is -2.33. The van der Waals surface area contributed by atoms with Crippen LogP contribution in [-0.4, -0.2) is 17.1 Å². The van der Waals surface area contributed by atoms with Crippen LogP contribution in [0.1, 0.15) is 24.2 Å². The molecule has 0 bridgehead atoms. The highest BCUT2D eigenvalue weighted by Crippen LogP contribution is 2.23. The van der Waals surface area contributed by atoms with Crippen molar-refractivity contribution >= 4 is 5.69 Å². The smallest absolute Gasteiger partial charge is 0.0396 e. The van der Waals surface area contributed by atoms with Crippen LogP contribution < -0.4 is 11.1 Å². The summed E-state index contributed by atoms with van der Waals surface area (Å²) in [6.07, 6.45) is 2.17. The van der Waals surface area contributed by atoms with E-state index in [1.54, 1.807) is 0 Å². The number of hydrogen-bond donors (Lipinski definition) is 2. The molecular formula is C11H17N3. The molecule has 2 rings (SSSR count). The topological polar surface area (TPSA) is 50.9 Å². The van der Waals surface area contributed by atoms with Gasteiger partial charge in [0.15, 0.2) is 0 Å². The third-order valence-electron chi connectivity index (χ3n) is 2.63. The van der Waals surface area contributed by atoms with Gasteiger partial charge in [-0.2, -0.15) is 0 Å². The standard InChI is InChI=1S/C11H17N3/c1-7-3-10(4-8(2)13-7)14-11-5-9(12)6-11/h3-4,9,11H,5-6,12H2,1-2H3,(H,13,14). The van der Waals surface area contributed by atoms with Gasteiger partial charge in [0.05, 0.1) is 0 Å². The summed E-state index contributed by atoms with van der Waals surface area (Å²) in [6.45, 7) is 4.04. The van der Waals surface area contributed by atoms with Gasteiger partial charge in [-0.1, -0.05) is 0 Å². The molecule has 1 heterocycles. The summed E-state index contributed by atoms with van der Waals surface area (Å²) in [7, 11) is 0. The molecule has 0 saturated heterocycles. The van der Waals surface area contributed by atoms with Gasteiger partial charge in [-0.15, -0.1) is 0 Å². The van der Waals surface area contributed by atoms with Gasteiger partial charge in [-0.05, 0) is 38.8 Å². The van der Waals surface area contributed by atoms with Crippen molar-refractivity contribution < 1.29 is 0 Å². The van der Waals surface area contributed by atoms with Crippen molar-refractivity contribution in [3.05, 3.63) is 23.5 Å². The van der Waals surface area contributed by atoms with E-state index in [2.05, 4.69) is 22.4 Å². The average Bonchev–Trinajstić information content (AvgIpc) is 1.99. The summed E-state index contributed by atoms with van der Waals surface area (Å²) in [6, 6.07) is 5.12. The molecule has 0 atom stereocenters. The van der Waals surface area contributed by atoms with E-state index >= 15 is 0 Å². The van der Waals surface area contributed by atoms with E-state index in [-0.39, 0.29) is 0 Å². The second-order valence-electron chi connectivity index (χ2n) is 4.21. The summed E-state index contributed by atoms with van der Waals surface area (Å²) in [4.78, 5) is 4.34. The molecule has 1 aromatic heterocycles. The first kappa shape index (κ1) is 9.46. The van der Waals surface area contributed by atoms with Crippen molar-refractivity contribution in [1.29, 1.82) is 0 Å². The number of hydrogen-bond acceptors (Lipinski definition) is 3. The zero-order valence-corrected chi connectivity index (χ0v) is 8.75. The molecule has 1 saturated carbocycles. The molecular weight excluding hydrogens is 174 g/mol. The second-order valence-corrected chi connectivity index (χ2v) is 4.21. The van der Waals surface area contributed by atoms with Gasteiger partial charge in [-0.3, -0.25) is 4.98 Å². The van der Waals surface area contributed by atoms with E-state index in [1.807, 2.05) is 13.8 Å². The number of nitrogens with one attached hydrogen (secondary N) is 1. The molecule has 1 fully saturated rings. The van der Waals surface area contributed by atoms with Crippen LogP contribution in [0.15, 0.2) is 12.1 Å². The lowest BCUT2D eigenvalue weighted by atomic mass is 9.87. The first-order chi connectivity index (χ1) is 6.63. The summed E-state index contributed by atoms with van der Waals surface area (Å²) in [5, 5.41) is 3.47. The summed E-state index contributed by atoms with van der Waals surface area (Å²) in [5.74, 6) is 0. The lowest BCUT2D eigenvalue weighted by molar-refractivity contribution is 0.373. The molecule has 0 aliphatic heterocycles. The predicted molar refractivity (Wildman–Crippen MR) is 58.3 cm³/mol. The maximum Gasteiger partial charge on any atom is 0.0396 e. The Balaban J connectivity index is 2.02. The molecule has 3 heteroatoms. The van der Waals surface area contributed by atoms with E-state index in [0.29, 0.717) is 12.1 Å². The van der Waals surface area contributed by atoms with Crippen LogP contribution in [0.2, 0.25) is 0 Å². The van der Waals surface area contributed by atoms with Crippen molar-refractivity contribution in [2.75, 3.05) is 5.32 Å². The van der Waals surface area contributed by atoms with E-state index in [4.69, 9.17) is 5.73 Å². The Hall–Kier alpha value is -1.09. The largest absolute Gasteiger partial charge is 0.382 e. The maximum atomic E-state index is 5.73. The van der Waals surface area contributed by atoms with Crippen molar-refractivity contribution in [2.24, 2.45) is 5.73 Å².